The van der Waals surface area contributed by atoms with E-state index < -0.39 is 14.4 Å². The van der Waals surface area contributed by atoms with Crippen molar-refractivity contribution < 1.29 is 19.1 Å². The third-order valence-electron chi connectivity index (χ3n) is 6.07. The average Bonchev–Trinajstić information content (AvgIpc) is 2.67. The topological polar surface area (TPSA) is 55.8 Å². The number of ether oxygens (including phenoxy) is 1. The predicted octanol–water partition coefficient (Wildman–Crippen LogP) is 6.94. The third-order valence-corrected chi connectivity index (χ3v) is 10.6. The minimum Gasteiger partial charge on any atom is -0.466 e. The summed E-state index contributed by atoms with van der Waals surface area (Å²) >= 11 is 0. The summed E-state index contributed by atoms with van der Waals surface area (Å²) in [4.78, 5) is 11.1. The van der Waals surface area contributed by atoms with Crippen LogP contribution in [0.5, 0.6) is 0 Å². The van der Waals surface area contributed by atoms with Crippen LogP contribution in [0.4, 0.5) is 0 Å². The lowest BCUT2D eigenvalue weighted by Crippen LogP contribution is -2.47. The molecule has 0 aliphatic rings. The third kappa shape index (κ3) is 13.4. The van der Waals surface area contributed by atoms with Crippen LogP contribution in [-0.4, -0.2) is 38.7 Å². The summed E-state index contributed by atoms with van der Waals surface area (Å²) < 4.78 is 11.2. The van der Waals surface area contributed by atoms with Crippen LogP contribution in [0.25, 0.3) is 0 Å². The molecule has 1 unspecified atom stereocenters. The number of rotatable bonds is 16. The highest BCUT2D eigenvalue weighted by atomic mass is 28.4. The summed E-state index contributed by atoms with van der Waals surface area (Å²) in [5, 5.41) is 11.0. The van der Waals surface area contributed by atoms with Gasteiger partial charge in [-0.3, -0.25) is 0 Å². The first-order chi connectivity index (χ1) is 14.0. The van der Waals surface area contributed by atoms with Crippen molar-refractivity contribution in [1.82, 2.24) is 0 Å². The molecule has 0 spiro atoms. The van der Waals surface area contributed by atoms with Gasteiger partial charge in [0.2, 0.25) is 0 Å². The molecule has 0 rings (SSSR count). The van der Waals surface area contributed by atoms with Crippen LogP contribution >= 0.6 is 0 Å². The van der Waals surface area contributed by atoms with E-state index in [0.717, 1.165) is 32.1 Å². The lowest BCUT2D eigenvalue weighted by Gasteiger charge is -2.40. The summed E-state index contributed by atoms with van der Waals surface area (Å²) in [7, 11) is -0.564. The molecule has 0 heterocycles. The van der Waals surface area contributed by atoms with E-state index in [0.29, 0.717) is 0 Å². The molecule has 0 amide bonds. The Kier molecular flexibility index (Phi) is 15.3. The first-order valence-corrected chi connectivity index (χ1v) is 14.7. The van der Waals surface area contributed by atoms with Crippen molar-refractivity contribution in [3.63, 3.8) is 0 Å². The van der Waals surface area contributed by atoms with Gasteiger partial charge in [-0.05, 0) is 43.8 Å². The molecule has 0 saturated carbocycles. The van der Waals surface area contributed by atoms with Gasteiger partial charge in [-0.2, -0.15) is 0 Å². The second-order valence-corrected chi connectivity index (χ2v) is 14.5. The van der Waals surface area contributed by atoms with Crippen LogP contribution in [0.2, 0.25) is 18.1 Å². The monoisotopic (exact) mass is 440 g/mol. The number of hydrogen-bond acceptors (Lipinski definition) is 4. The van der Waals surface area contributed by atoms with E-state index in [4.69, 9.17) is 4.43 Å². The maximum absolute atomic E-state index is 11.1. The van der Waals surface area contributed by atoms with Crippen molar-refractivity contribution in [2.45, 2.75) is 122 Å². The smallest absolute Gasteiger partial charge is 0.330 e. The summed E-state index contributed by atoms with van der Waals surface area (Å²) in [5.41, 5.74) is 0. The Balaban J connectivity index is 4.66. The van der Waals surface area contributed by atoms with E-state index in [1.165, 1.54) is 45.3 Å². The van der Waals surface area contributed by atoms with Crippen molar-refractivity contribution >= 4 is 14.3 Å². The number of aliphatic hydroxyl groups excluding tert-OH is 1. The minimum atomic E-state index is -1.93. The summed E-state index contributed by atoms with van der Waals surface area (Å²) in [6.45, 7) is 13.5. The van der Waals surface area contributed by atoms with E-state index in [1.54, 1.807) is 6.08 Å². The van der Waals surface area contributed by atoms with Crippen molar-refractivity contribution in [2.75, 3.05) is 7.11 Å². The lowest BCUT2D eigenvalue weighted by atomic mass is 10.0. The highest BCUT2D eigenvalue weighted by molar-refractivity contribution is 6.74. The fraction of sp³-hybridized carbons (Fsp3) is 0.800. The number of methoxy groups -OCH3 is 1. The van der Waals surface area contributed by atoms with Crippen LogP contribution in [0, 0.1) is 0 Å². The predicted molar refractivity (Wildman–Crippen MR) is 130 cm³/mol. The van der Waals surface area contributed by atoms with Crippen LogP contribution in [0.15, 0.2) is 24.3 Å². The van der Waals surface area contributed by atoms with Gasteiger partial charge in [0.05, 0.1) is 19.3 Å². The fourth-order valence-electron chi connectivity index (χ4n) is 3.02. The van der Waals surface area contributed by atoms with Crippen LogP contribution in [0.1, 0.15) is 91.9 Å². The molecule has 176 valence electrons. The second kappa shape index (κ2) is 15.8. The quantitative estimate of drug-likeness (QED) is 0.0928. The number of hydrogen-bond donors (Lipinski definition) is 1. The summed E-state index contributed by atoms with van der Waals surface area (Å²) in [5.74, 6) is -0.347. The van der Waals surface area contributed by atoms with Gasteiger partial charge >= 0.3 is 5.97 Å². The fourth-order valence-corrected chi connectivity index (χ4v) is 4.40. The van der Waals surface area contributed by atoms with Gasteiger partial charge in [0.15, 0.2) is 8.32 Å². The molecule has 0 aliphatic heterocycles. The van der Waals surface area contributed by atoms with Crippen molar-refractivity contribution in [3.8, 4) is 0 Å². The molecule has 0 aromatic heterocycles. The SMILES string of the molecule is CCCCCCCCC(O)[C@@H](CCCC=CC=CC(=O)OC)O[Si](C)(C)C(C)(C)C. The molecular formula is C25H48O4Si. The van der Waals surface area contributed by atoms with E-state index in [-0.39, 0.29) is 17.1 Å². The molecule has 0 bridgehead atoms. The van der Waals surface area contributed by atoms with Crippen molar-refractivity contribution in [2.24, 2.45) is 0 Å². The first-order valence-electron chi connectivity index (χ1n) is 11.8. The van der Waals surface area contributed by atoms with E-state index in [2.05, 4.69) is 45.5 Å². The molecule has 0 radical (unpaired) electrons. The molecule has 0 aliphatic carbocycles. The number of aliphatic hydroxyl groups is 1. The van der Waals surface area contributed by atoms with E-state index >= 15 is 0 Å². The van der Waals surface area contributed by atoms with Gasteiger partial charge < -0.3 is 14.3 Å². The number of unbranched alkanes of at least 4 members (excludes halogenated alkanes) is 6. The molecule has 0 aromatic carbocycles. The summed E-state index contributed by atoms with van der Waals surface area (Å²) in [6, 6.07) is 0. The van der Waals surface area contributed by atoms with E-state index in [9.17, 15) is 9.90 Å². The van der Waals surface area contributed by atoms with E-state index in [1.807, 2.05) is 12.2 Å². The highest BCUT2D eigenvalue weighted by Gasteiger charge is 2.40. The van der Waals surface area contributed by atoms with Crippen molar-refractivity contribution in [1.29, 1.82) is 0 Å². The molecule has 2 atom stereocenters. The summed E-state index contributed by atoms with van der Waals surface area (Å²) in [6.07, 6.45) is 17.4. The normalized spacial score (nSPS) is 15.1. The Morgan fingerprint density at radius 3 is 2.23 bits per heavy atom. The van der Waals surface area contributed by atoms with Gasteiger partial charge in [-0.1, -0.05) is 84.4 Å². The van der Waals surface area contributed by atoms with Gasteiger partial charge in [0.25, 0.3) is 0 Å². The lowest BCUT2D eigenvalue weighted by molar-refractivity contribution is -0.134. The molecule has 30 heavy (non-hydrogen) atoms. The minimum absolute atomic E-state index is 0.0967. The molecule has 1 N–H and O–H groups in total. The van der Waals surface area contributed by atoms with Crippen LogP contribution < -0.4 is 0 Å². The second-order valence-electron chi connectivity index (χ2n) is 9.78. The zero-order valence-corrected chi connectivity index (χ0v) is 21.7. The maximum atomic E-state index is 11.1. The molecule has 5 heteroatoms. The Morgan fingerprint density at radius 2 is 1.63 bits per heavy atom. The van der Waals surface area contributed by atoms with Crippen LogP contribution in [-0.2, 0) is 14.0 Å². The number of esters is 1. The largest absolute Gasteiger partial charge is 0.466 e. The molecule has 0 saturated heterocycles. The van der Waals surface area contributed by atoms with Gasteiger partial charge in [0, 0.05) is 6.08 Å². The Labute approximate surface area is 187 Å². The zero-order chi connectivity index (χ0) is 23.0. The maximum Gasteiger partial charge on any atom is 0.330 e. The number of carbonyl (C=O) groups excluding carboxylic acids is 1. The number of carbonyl (C=O) groups is 1. The average molecular weight is 441 g/mol. The Bertz CT molecular complexity index is 506. The Hall–Kier alpha value is -0.913. The van der Waals surface area contributed by atoms with Gasteiger partial charge in [-0.15, -0.1) is 0 Å². The molecule has 0 fully saturated rings. The standard InChI is InChI=1S/C25H48O4Si/c1-8-9-10-11-13-16-19-22(26)23(29-30(6,7)25(2,3)4)20-17-14-12-15-18-21-24(27)28-5/h12,15,18,21-23,26H,8-11,13-14,16-17,19-20H2,1-7H3/t22?,23-/m1/s1. The van der Waals surface area contributed by atoms with Gasteiger partial charge in [0.1, 0.15) is 0 Å². The Morgan fingerprint density at radius 1 is 1.00 bits per heavy atom. The molecular weight excluding hydrogens is 392 g/mol. The van der Waals surface area contributed by atoms with Crippen molar-refractivity contribution in [3.05, 3.63) is 24.3 Å². The number of allylic oxidation sites excluding steroid dienone is 3. The highest BCUT2D eigenvalue weighted by Crippen LogP contribution is 2.38. The zero-order valence-electron chi connectivity index (χ0n) is 20.7. The molecule has 0 aromatic rings. The molecule has 4 nitrogen and oxygen atoms in total. The van der Waals surface area contributed by atoms with Crippen LogP contribution in [0.3, 0.4) is 0 Å². The van der Waals surface area contributed by atoms with Gasteiger partial charge in [-0.25, -0.2) is 4.79 Å². The first kappa shape index (κ1) is 29.1.